The molecule has 0 unspecified atom stereocenters. The van der Waals surface area contributed by atoms with E-state index in [-0.39, 0.29) is 0 Å². The standard InChI is InChI=1S/C44H26O2/c1-2-10-27(11-3-1)28-18-21-41-37(24-28)38-26-30(20-23-42(38)46-41)44-34-15-6-4-13-32(34)43(33-14-5-7-16-35(33)44)29-19-22-40-36(25-29)31-12-8-9-17-39(31)45-40/h1-26H. The normalized spacial score (nSPS) is 11.9. The highest BCUT2D eigenvalue weighted by Gasteiger charge is 2.19. The van der Waals surface area contributed by atoms with Gasteiger partial charge in [0.1, 0.15) is 22.3 Å². The van der Waals surface area contributed by atoms with E-state index in [0.29, 0.717) is 0 Å². The van der Waals surface area contributed by atoms with Crippen LogP contribution in [0.4, 0.5) is 0 Å². The Balaban J connectivity index is 1.24. The summed E-state index contributed by atoms with van der Waals surface area (Å²) in [4.78, 5) is 0. The molecular formula is C44H26O2. The molecule has 0 saturated carbocycles. The molecule has 0 saturated heterocycles. The second kappa shape index (κ2) is 9.69. The molecule has 0 N–H and O–H groups in total. The number of hydrogen-bond donors (Lipinski definition) is 0. The van der Waals surface area contributed by atoms with Crippen molar-refractivity contribution in [3.05, 3.63) is 158 Å². The smallest absolute Gasteiger partial charge is 0.135 e. The molecule has 0 amide bonds. The quantitative estimate of drug-likeness (QED) is 0.193. The monoisotopic (exact) mass is 586 g/mol. The first kappa shape index (κ1) is 25.2. The fraction of sp³-hybridized carbons (Fsp3) is 0. The summed E-state index contributed by atoms with van der Waals surface area (Å²) in [6.45, 7) is 0. The lowest BCUT2D eigenvalue weighted by atomic mass is 9.85. The molecule has 214 valence electrons. The maximum absolute atomic E-state index is 6.34. The van der Waals surface area contributed by atoms with Crippen LogP contribution in [-0.4, -0.2) is 0 Å². The maximum atomic E-state index is 6.34. The van der Waals surface area contributed by atoms with Gasteiger partial charge in [0, 0.05) is 21.5 Å². The van der Waals surface area contributed by atoms with Crippen LogP contribution in [0.5, 0.6) is 0 Å². The van der Waals surface area contributed by atoms with Crippen LogP contribution in [0.1, 0.15) is 0 Å². The van der Waals surface area contributed by atoms with Gasteiger partial charge in [0.25, 0.3) is 0 Å². The van der Waals surface area contributed by atoms with E-state index in [1.54, 1.807) is 0 Å². The minimum absolute atomic E-state index is 0.898. The topological polar surface area (TPSA) is 26.3 Å². The van der Waals surface area contributed by atoms with Crippen LogP contribution in [0.3, 0.4) is 0 Å². The second-order valence-corrected chi connectivity index (χ2v) is 12.0. The average molecular weight is 587 g/mol. The molecule has 10 aromatic rings. The van der Waals surface area contributed by atoms with E-state index in [1.807, 2.05) is 12.1 Å². The zero-order valence-corrected chi connectivity index (χ0v) is 24.8. The van der Waals surface area contributed by atoms with Crippen LogP contribution >= 0.6 is 0 Å². The van der Waals surface area contributed by atoms with Crippen molar-refractivity contribution in [3.63, 3.8) is 0 Å². The lowest BCUT2D eigenvalue weighted by molar-refractivity contribution is 0.668. The molecular weight excluding hydrogens is 560 g/mol. The van der Waals surface area contributed by atoms with Gasteiger partial charge in [-0.2, -0.15) is 0 Å². The molecule has 0 fully saturated rings. The summed E-state index contributed by atoms with van der Waals surface area (Å²) in [5, 5.41) is 9.44. The van der Waals surface area contributed by atoms with E-state index in [4.69, 9.17) is 8.83 Å². The van der Waals surface area contributed by atoms with E-state index in [2.05, 4.69) is 146 Å². The number of furan rings is 2. The van der Waals surface area contributed by atoms with Crippen LogP contribution < -0.4 is 0 Å². The highest BCUT2D eigenvalue weighted by molar-refractivity contribution is 6.23. The maximum Gasteiger partial charge on any atom is 0.135 e. The number of hydrogen-bond acceptors (Lipinski definition) is 2. The van der Waals surface area contributed by atoms with Crippen molar-refractivity contribution in [2.24, 2.45) is 0 Å². The van der Waals surface area contributed by atoms with Crippen molar-refractivity contribution in [2.75, 3.05) is 0 Å². The van der Waals surface area contributed by atoms with Gasteiger partial charge in [0.05, 0.1) is 0 Å². The number of fused-ring (bicyclic) bond motifs is 8. The first-order valence-electron chi connectivity index (χ1n) is 15.7. The van der Waals surface area contributed by atoms with Crippen LogP contribution in [0.2, 0.25) is 0 Å². The van der Waals surface area contributed by atoms with E-state index in [9.17, 15) is 0 Å². The zero-order valence-electron chi connectivity index (χ0n) is 24.8. The summed E-state index contributed by atoms with van der Waals surface area (Å²) in [5.41, 5.74) is 10.8. The van der Waals surface area contributed by atoms with Crippen molar-refractivity contribution in [3.8, 4) is 33.4 Å². The van der Waals surface area contributed by atoms with Crippen molar-refractivity contribution >= 4 is 65.4 Å². The van der Waals surface area contributed by atoms with Gasteiger partial charge in [-0.05, 0) is 97.4 Å². The van der Waals surface area contributed by atoms with E-state index in [1.165, 1.54) is 54.9 Å². The Morgan fingerprint density at radius 3 is 1.13 bits per heavy atom. The molecule has 8 aromatic carbocycles. The Hall–Kier alpha value is -6.12. The molecule has 2 heterocycles. The third-order valence-corrected chi connectivity index (χ3v) is 9.46. The van der Waals surface area contributed by atoms with Crippen molar-refractivity contribution in [2.45, 2.75) is 0 Å². The molecule has 2 heteroatoms. The summed E-state index contributed by atoms with van der Waals surface area (Å²) in [6, 6.07) is 56.2. The highest BCUT2D eigenvalue weighted by Crippen LogP contribution is 2.46. The molecule has 0 bridgehead atoms. The van der Waals surface area contributed by atoms with E-state index >= 15 is 0 Å². The minimum Gasteiger partial charge on any atom is -0.456 e. The second-order valence-electron chi connectivity index (χ2n) is 12.0. The molecule has 0 radical (unpaired) electrons. The van der Waals surface area contributed by atoms with Gasteiger partial charge in [-0.3, -0.25) is 0 Å². The first-order chi connectivity index (χ1) is 22.8. The minimum atomic E-state index is 0.898. The van der Waals surface area contributed by atoms with Gasteiger partial charge >= 0.3 is 0 Å². The molecule has 0 aliphatic carbocycles. The largest absolute Gasteiger partial charge is 0.456 e. The predicted octanol–water partition coefficient (Wildman–Crippen LogP) is 12.8. The van der Waals surface area contributed by atoms with Crippen molar-refractivity contribution in [1.82, 2.24) is 0 Å². The first-order valence-corrected chi connectivity index (χ1v) is 15.7. The third-order valence-electron chi connectivity index (χ3n) is 9.46. The molecule has 46 heavy (non-hydrogen) atoms. The number of benzene rings is 8. The fourth-order valence-corrected chi connectivity index (χ4v) is 7.38. The average Bonchev–Trinajstić information content (AvgIpc) is 3.68. The predicted molar refractivity (Wildman–Crippen MR) is 192 cm³/mol. The molecule has 0 aliphatic rings. The third kappa shape index (κ3) is 3.71. The lowest BCUT2D eigenvalue weighted by Crippen LogP contribution is -1.90. The van der Waals surface area contributed by atoms with E-state index in [0.717, 1.165) is 43.9 Å². The van der Waals surface area contributed by atoms with Gasteiger partial charge in [0.2, 0.25) is 0 Å². The van der Waals surface area contributed by atoms with Gasteiger partial charge in [0.15, 0.2) is 0 Å². The van der Waals surface area contributed by atoms with Gasteiger partial charge < -0.3 is 8.83 Å². The Morgan fingerprint density at radius 1 is 0.239 bits per heavy atom. The highest BCUT2D eigenvalue weighted by atomic mass is 16.3. The fourth-order valence-electron chi connectivity index (χ4n) is 7.38. The molecule has 10 rings (SSSR count). The van der Waals surface area contributed by atoms with Crippen LogP contribution in [0.25, 0.3) is 98.8 Å². The lowest BCUT2D eigenvalue weighted by Gasteiger charge is -2.18. The molecule has 2 nitrogen and oxygen atoms in total. The summed E-state index contributed by atoms with van der Waals surface area (Å²) in [6.07, 6.45) is 0. The van der Waals surface area contributed by atoms with Gasteiger partial charge in [-0.1, -0.05) is 115 Å². The zero-order chi connectivity index (χ0) is 30.2. The Kier molecular flexibility index (Phi) is 5.31. The Morgan fingerprint density at radius 2 is 0.609 bits per heavy atom. The summed E-state index contributed by atoms with van der Waals surface area (Å²) >= 11 is 0. The van der Waals surface area contributed by atoms with Gasteiger partial charge in [-0.25, -0.2) is 0 Å². The van der Waals surface area contributed by atoms with Gasteiger partial charge in [-0.15, -0.1) is 0 Å². The number of para-hydroxylation sites is 1. The Labute approximate surface area is 264 Å². The summed E-state index contributed by atoms with van der Waals surface area (Å²) in [5.74, 6) is 0. The van der Waals surface area contributed by atoms with Crippen molar-refractivity contribution in [1.29, 1.82) is 0 Å². The molecule has 0 spiro atoms. The number of rotatable bonds is 3. The molecule has 0 aliphatic heterocycles. The molecule has 2 aromatic heterocycles. The molecule has 0 atom stereocenters. The Bertz CT molecular complexity index is 2740. The van der Waals surface area contributed by atoms with Crippen LogP contribution in [0.15, 0.2) is 167 Å². The van der Waals surface area contributed by atoms with E-state index < -0.39 is 0 Å². The summed E-state index contributed by atoms with van der Waals surface area (Å²) < 4.78 is 12.5. The van der Waals surface area contributed by atoms with Crippen molar-refractivity contribution < 1.29 is 8.83 Å². The van der Waals surface area contributed by atoms with Crippen LogP contribution in [-0.2, 0) is 0 Å². The SMILES string of the molecule is c1ccc(-c2ccc3oc4ccc(-c5c6ccccc6c(-c6ccc7oc8ccccc8c7c6)c6ccccc56)cc4c3c2)cc1. The van der Waals surface area contributed by atoms with Crippen LogP contribution in [0, 0.1) is 0 Å². The summed E-state index contributed by atoms with van der Waals surface area (Å²) in [7, 11) is 0.